The van der Waals surface area contributed by atoms with E-state index in [0.717, 1.165) is 5.56 Å². The summed E-state index contributed by atoms with van der Waals surface area (Å²) < 4.78 is 1.34. The second-order valence-electron chi connectivity index (χ2n) is 7.05. The van der Waals surface area contributed by atoms with Gasteiger partial charge in [-0.3, -0.25) is 9.48 Å². The van der Waals surface area contributed by atoms with Gasteiger partial charge in [0, 0.05) is 12.6 Å². The lowest BCUT2D eigenvalue weighted by atomic mass is 9.85. The lowest BCUT2D eigenvalue weighted by molar-refractivity contribution is -0.146. The number of anilines is 1. The topological polar surface area (TPSA) is 84.2 Å². The fourth-order valence-corrected chi connectivity index (χ4v) is 2.64. The smallest absolute Gasteiger partial charge is 0.331 e. The number of rotatable bonds is 7. The number of carboxylic acid groups (broad SMARTS) is 1. The third-order valence-electron chi connectivity index (χ3n) is 4.40. The van der Waals surface area contributed by atoms with Crippen LogP contribution in [0.3, 0.4) is 0 Å². The Hall–Kier alpha value is -2.63. The van der Waals surface area contributed by atoms with Gasteiger partial charge in [-0.2, -0.15) is 5.10 Å². The van der Waals surface area contributed by atoms with Crippen molar-refractivity contribution in [3.8, 4) is 0 Å². The van der Waals surface area contributed by atoms with Crippen LogP contribution in [0.5, 0.6) is 0 Å². The van der Waals surface area contributed by atoms with E-state index in [4.69, 9.17) is 0 Å². The fraction of sp³-hybridized carbons (Fsp3) is 0.421. The molecule has 0 bridgehead atoms. The molecule has 0 aliphatic rings. The zero-order valence-electron chi connectivity index (χ0n) is 15.1. The fourth-order valence-electron chi connectivity index (χ4n) is 2.64. The maximum atomic E-state index is 12.4. The summed E-state index contributed by atoms with van der Waals surface area (Å²) in [6.45, 7) is 7.30. The first-order valence-electron chi connectivity index (χ1n) is 8.35. The van der Waals surface area contributed by atoms with Crippen LogP contribution in [0, 0.1) is 5.92 Å². The highest BCUT2D eigenvalue weighted by Gasteiger charge is 2.30. The van der Waals surface area contributed by atoms with Gasteiger partial charge in [-0.15, -0.1) is 0 Å². The SMILES string of the molecule is CC(C)C(CC(=O)Nc1cnn(C(C)(C)C(=O)O)c1)c1ccccc1. The molecular formula is C19H25N3O3. The van der Waals surface area contributed by atoms with Crippen molar-refractivity contribution in [1.29, 1.82) is 0 Å². The van der Waals surface area contributed by atoms with Gasteiger partial charge in [0.05, 0.1) is 11.9 Å². The predicted octanol–water partition coefficient (Wildman–Crippen LogP) is 3.47. The van der Waals surface area contributed by atoms with Crippen molar-refractivity contribution in [2.75, 3.05) is 5.32 Å². The molecule has 6 nitrogen and oxygen atoms in total. The van der Waals surface area contributed by atoms with Crippen molar-refractivity contribution >= 4 is 17.6 Å². The minimum Gasteiger partial charge on any atom is -0.479 e. The van der Waals surface area contributed by atoms with E-state index in [1.54, 1.807) is 20.0 Å². The van der Waals surface area contributed by atoms with Crippen LogP contribution in [0.1, 0.15) is 45.6 Å². The highest BCUT2D eigenvalue weighted by atomic mass is 16.4. The molecule has 0 aliphatic heterocycles. The maximum Gasteiger partial charge on any atom is 0.331 e. The van der Waals surface area contributed by atoms with Crippen molar-refractivity contribution in [2.24, 2.45) is 5.92 Å². The van der Waals surface area contributed by atoms with Crippen molar-refractivity contribution in [1.82, 2.24) is 9.78 Å². The van der Waals surface area contributed by atoms with E-state index >= 15 is 0 Å². The molecule has 1 unspecified atom stereocenters. The summed E-state index contributed by atoms with van der Waals surface area (Å²) in [6.07, 6.45) is 3.36. The van der Waals surface area contributed by atoms with Crippen LogP contribution in [-0.2, 0) is 15.1 Å². The number of amides is 1. The Morgan fingerprint density at radius 1 is 1.24 bits per heavy atom. The van der Waals surface area contributed by atoms with Crippen molar-refractivity contribution in [3.05, 3.63) is 48.3 Å². The minimum absolute atomic E-state index is 0.116. The van der Waals surface area contributed by atoms with Crippen LogP contribution in [0.15, 0.2) is 42.7 Å². The molecule has 1 aromatic carbocycles. The number of hydrogen-bond donors (Lipinski definition) is 2. The first kappa shape index (κ1) is 18.7. The number of carbonyl (C=O) groups is 2. The largest absolute Gasteiger partial charge is 0.479 e. The van der Waals surface area contributed by atoms with Gasteiger partial charge in [0.25, 0.3) is 0 Å². The summed E-state index contributed by atoms with van der Waals surface area (Å²) in [5.74, 6) is -0.666. The maximum absolute atomic E-state index is 12.4. The molecule has 1 heterocycles. The molecule has 0 saturated heterocycles. The molecule has 25 heavy (non-hydrogen) atoms. The van der Waals surface area contributed by atoms with Gasteiger partial charge in [-0.25, -0.2) is 4.79 Å². The van der Waals surface area contributed by atoms with Gasteiger partial charge in [0.1, 0.15) is 0 Å². The summed E-state index contributed by atoms with van der Waals surface area (Å²) >= 11 is 0. The number of nitrogens with one attached hydrogen (secondary N) is 1. The summed E-state index contributed by atoms with van der Waals surface area (Å²) in [7, 11) is 0. The number of aromatic nitrogens is 2. The summed E-state index contributed by atoms with van der Waals surface area (Å²) in [6, 6.07) is 9.97. The molecule has 0 radical (unpaired) electrons. The zero-order chi connectivity index (χ0) is 18.6. The molecule has 0 fully saturated rings. The minimum atomic E-state index is -1.17. The first-order valence-corrected chi connectivity index (χ1v) is 8.35. The molecule has 0 aliphatic carbocycles. The molecule has 2 aromatic rings. The lowest BCUT2D eigenvalue weighted by Crippen LogP contribution is -2.35. The van der Waals surface area contributed by atoms with Gasteiger partial charge in [-0.1, -0.05) is 44.2 Å². The lowest BCUT2D eigenvalue weighted by Gasteiger charge is -2.21. The number of nitrogens with zero attached hydrogens (tertiary/aromatic N) is 2. The molecule has 6 heteroatoms. The second-order valence-corrected chi connectivity index (χ2v) is 7.05. The Balaban J connectivity index is 2.07. The molecule has 2 N–H and O–H groups in total. The first-order chi connectivity index (χ1) is 11.7. The van der Waals surface area contributed by atoms with E-state index in [1.807, 2.05) is 30.3 Å². The molecule has 1 atom stereocenters. The quantitative estimate of drug-likeness (QED) is 0.806. The molecule has 0 spiro atoms. The Morgan fingerprint density at radius 2 is 1.88 bits per heavy atom. The van der Waals surface area contributed by atoms with E-state index < -0.39 is 11.5 Å². The second kappa shape index (κ2) is 7.51. The molecule has 1 aromatic heterocycles. The normalized spacial score (nSPS) is 12.8. The van der Waals surface area contributed by atoms with E-state index in [1.165, 1.54) is 10.9 Å². The highest BCUT2D eigenvalue weighted by molar-refractivity contribution is 5.91. The number of benzene rings is 1. The molecular weight excluding hydrogens is 318 g/mol. The van der Waals surface area contributed by atoms with E-state index in [-0.39, 0.29) is 11.8 Å². The Bertz CT molecular complexity index is 735. The molecule has 2 rings (SSSR count). The van der Waals surface area contributed by atoms with Gasteiger partial charge >= 0.3 is 5.97 Å². The third-order valence-corrected chi connectivity index (χ3v) is 4.40. The van der Waals surface area contributed by atoms with Crippen LogP contribution in [0.4, 0.5) is 5.69 Å². The predicted molar refractivity (Wildman–Crippen MR) is 96.5 cm³/mol. The Labute approximate surface area is 147 Å². The van der Waals surface area contributed by atoms with Gasteiger partial charge in [0.2, 0.25) is 5.91 Å². The third kappa shape index (κ3) is 4.47. The standard InChI is InChI=1S/C19H25N3O3/c1-13(2)16(14-8-6-5-7-9-14)10-17(23)21-15-11-20-22(12-15)19(3,4)18(24)25/h5-9,11-13,16H,10H2,1-4H3,(H,21,23)(H,24,25). The number of hydrogen-bond acceptors (Lipinski definition) is 3. The Kier molecular flexibility index (Phi) is 5.62. The van der Waals surface area contributed by atoms with Crippen LogP contribution in [-0.4, -0.2) is 26.8 Å². The average molecular weight is 343 g/mol. The van der Waals surface area contributed by atoms with Crippen LogP contribution < -0.4 is 5.32 Å². The van der Waals surface area contributed by atoms with Crippen LogP contribution in [0.2, 0.25) is 0 Å². The number of aliphatic carboxylic acids is 1. The van der Waals surface area contributed by atoms with Gasteiger partial charge < -0.3 is 10.4 Å². The zero-order valence-corrected chi connectivity index (χ0v) is 15.1. The monoisotopic (exact) mass is 343 g/mol. The molecule has 134 valence electrons. The van der Waals surface area contributed by atoms with E-state index in [0.29, 0.717) is 18.0 Å². The van der Waals surface area contributed by atoms with Crippen molar-refractivity contribution < 1.29 is 14.7 Å². The highest BCUT2D eigenvalue weighted by Crippen LogP contribution is 2.28. The van der Waals surface area contributed by atoms with E-state index in [2.05, 4.69) is 24.3 Å². The summed E-state index contributed by atoms with van der Waals surface area (Å²) in [5, 5.41) is 16.1. The number of carbonyl (C=O) groups excluding carboxylic acids is 1. The van der Waals surface area contributed by atoms with Crippen LogP contribution >= 0.6 is 0 Å². The summed E-state index contributed by atoms with van der Waals surface area (Å²) in [5.41, 5.74) is 0.457. The summed E-state index contributed by atoms with van der Waals surface area (Å²) in [4.78, 5) is 23.7. The van der Waals surface area contributed by atoms with E-state index in [9.17, 15) is 14.7 Å². The molecule has 0 saturated carbocycles. The van der Waals surface area contributed by atoms with Crippen molar-refractivity contribution in [2.45, 2.75) is 45.6 Å². The Morgan fingerprint density at radius 3 is 2.44 bits per heavy atom. The number of carboxylic acids is 1. The average Bonchev–Trinajstić information content (AvgIpc) is 3.02. The van der Waals surface area contributed by atoms with Crippen molar-refractivity contribution in [3.63, 3.8) is 0 Å². The van der Waals surface area contributed by atoms with Gasteiger partial charge in [0.15, 0.2) is 5.54 Å². The van der Waals surface area contributed by atoms with Crippen LogP contribution in [0.25, 0.3) is 0 Å². The van der Waals surface area contributed by atoms with Gasteiger partial charge in [-0.05, 0) is 31.2 Å². The molecule has 1 amide bonds.